The van der Waals surface area contributed by atoms with Crippen molar-refractivity contribution in [2.75, 3.05) is 32.6 Å². The Labute approximate surface area is 152 Å². The van der Waals surface area contributed by atoms with Crippen molar-refractivity contribution in [3.8, 4) is 11.5 Å². The van der Waals surface area contributed by atoms with Crippen molar-refractivity contribution in [2.24, 2.45) is 0 Å². The average Bonchev–Trinajstić information content (AvgIpc) is 3.19. The molecule has 2 aromatic rings. The molecule has 2 heterocycles. The second-order valence-electron chi connectivity index (χ2n) is 6.76. The van der Waals surface area contributed by atoms with Crippen molar-refractivity contribution in [2.45, 2.75) is 31.2 Å². The van der Waals surface area contributed by atoms with Crippen LogP contribution in [0.1, 0.15) is 36.9 Å². The molecule has 2 amide bonds. The highest BCUT2D eigenvalue weighted by Crippen LogP contribution is 2.39. The van der Waals surface area contributed by atoms with Gasteiger partial charge in [0, 0.05) is 25.2 Å². The van der Waals surface area contributed by atoms with Crippen molar-refractivity contribution in [1.82, 2.24) is 19.9 Å². The fraction of sp³-hybridized carbons (Fsp3) is 0.500. The minimum absolute atomic E-state index is 0.151. The van der Waals surface area contributed by atoms with E-state index in [0.717, 1.165) is 12.1 Å². The number of anilines is 1. The summed E-state index contributed by atoms with van der Waals surface area (Å²) >= 11 is 0. The summed E-state index contributed by atoms with van der Waals surface area (Å²) in [5.41, 5.74) is 1.67. The maximum absolute atomic E-state index is 12.7. The zero-order chi connectivity index (χ0) is 18.1. The highest BCUT2D eigenvalue weighted by atomic mass is 16.5. The van der Waals surface area contributed by atoms with Gasteiger partial charge in [0.25, 0.3) is 0 Å². The number of hydrogen-bond acceptors (Lipinski definition) is 5. The summed E-state index contributed by atoms with van der Waals surface area (Å²) in [6.07, 6.45) is 5.32. The van der Waals surface area contributed by atoms with Crippen LogP contribution >= 0.6 is 0 Å². The molecule has 0 radical (unpaired) electrons. The van der Waals surface area contributed by atoms with Crippen LogP contribution in [0, 0.1) is 0 Å². The molecule has 0 spiro atoms. The van der Waals surface area contributed by atoms with E-state index in [2.05, 4.69) is 15.6 Å². The summed E-state index contributed by atoms with van der Waals surface area (Å²) in [6.45, 7) is 1.30. The number of nitrogens with one attached hydrogen (secondary N) is 1. The number of carbonyl (C=O) groups is 1. The van der Waals surface area contributed by atoms with Crippen molar-refractivity contribution in [3.05, 3.63) is 30.1 Å². The molecular formula is C18H23N5O3. The van der Waals surface area contributed by atoms with Crippen LogP contribution in [0.5, 0.6) is 11.5 Å². The molecule has 4 rings (SSSR count). The molecule has 1 atom stereocenters. The molecule has 1 unspecified atom stereocenters. The molecular weight excluding hydrogens is 334 g/mol. The number of hydrogen-bond donors (Lipinski definition) is 1. The molecule has 138 valence electrons. The lowest BCUT2D eigenvalue weighted by Gasteiger charge is -2.19. The summed E-state index contributed by atoms with van der Waals surface area (Å²) in [6, 6.07) is 5.43. The second kappa shape index (κ2) is 6.86. The largest absolute Gasteiger partial charge is 0.493 e. The standard InChI is InChI=1S/C18H23N5O3/c1-25-16-5-3-4-14(17(16)26-2)19-18(24)22-9-8-13(10-22)23-11-15(20-21-23)12-6-7-12/h3-5,11-13H,6-10H2,1-2H3,(H,19,24). The molecule has 1 N–H and O–H groups in total. The van der Waals surface area contributed by atoms with Gasteiger partial charge in [0.15, 0.2) is 11.5 Å². The number of urea groups is 1. The molecule has 1 saturated heterocycles. The molecule has 2 aliphatic rings. The lowest BCUT2D eigenvalue weighted by atomic mass is 10.2. The van der Waals surface area contributed by atoms with Gasteiger partial charge >= 0.3 is 6.03 Å². The Hall–Kier alpha value is -2.77. The van der Waals surface area contributed by atoms with Gasteiger partial charge in [0.1, 0.15) is 0 Å². The molecule has 8 heteroatoms. The number of likely N-dealkylation sites (tertiary alicyclic amines) is 1. The first-order chi connectivity index (χ1) is 12.7. The predicted octanol–water partition coefficient (Wildman–Crippen LogP) is 2.65. The van der Waals surface area contributed by atoms with Gasteiger partial charge in [-0.25, -0.2) is 9.48 Å². The molecule has 1 aromatic carbocycles. The van der Waals surface area contributed by atoms with E-state index in [1.54, 1.807) is 31.3 Å². The predicted molar refractivity (Wildman–Crippen MR) is 95.8 cm³/mol. The summed E-state index contributed by atoms with van der Waals surface area (Å²) in [5, 5.41) is 11.4. The molecule has 2 fully saturated rings. The van der Waals surface area contributed by atoms with Crippen LogP contribution in [0.4, 0.5) is 10.5 Å². The van der Waals surface area contributed by atoms with E-state index in [9.17, 15) is 4.79 Å². The van der Waals surface area contributed by atoms with Crippen molar-refractivity contribution >= 4 is 11.7 Å². The molecule has 1 aliphatic heterocycles. The number of carbonyl (C=O) groups excluding carboxylic acids is 1. The number of para-hydroxylation sites is 1. The molecule has 1 saturated carbocycles. The number of amides is 2. The van der Waals surface area contributed by atoms with Crippen LogP contribution < -0.4 is 14.8 Å². The van der Waals surface area contributed by atoms with Crippen LogP contribution in [-0.4, -0.2) is 53.2 Å². The number of nitrogens with zero attached hydrogens (tertiary/aromatic N) is 4. The Morgan fingerprint density at radius 2 is 2.08 bits per heavy atom. The van der Waals surface area contributed by atoms with E-state index in [1.807, 2.05) is 16.9 Å². The van der Waals surface area contributed by atoms with E-state index in [0.29, 0.717) is 36.2 Å². The third-order valence-electron chi connectivity index (χ3n) is 4.99. The summed E-state index contributed by atoms with van der Waals surface area (Å²) in [5.74, 6) is 1.69. The number of rotatable bonds is 5. The van der Waals surface area contributed by atoms with Gasteiger partial charge in [-0.15, -0.1) is 5.10 Å². The van der Waals surface area contributed by atoms with Gasteiger partial charge in [-0.3, -0.25) is 0 Å². The lowest BCUT2D eigenvalue weighted by Crippen LogP contribution is -2.33. The summed E-state index contributed by atoms with van der Waals surface area (Å²) in [4.78, 5) is 14.4. The van der Waals surface area contributed by atoms with E-state index < -0.39 is 0 Å². The molecule has 8 nitrogen and oxygen atoms in total. The first-order valence-corrected chi connectivity index (χ1v) is 8.88. The van der Waals surface area contributed by atoms with Gasteiger partial charge < -0.3 is 19.7 Å². The lowest BCUT2D eigenvalue weighted by molar-refractivity contribution is 0.220. The minimum Gasteiger partial charge on any atom is -0.493 e. The van der Waals surface area contributed by atoms with Crippen LogP contribution in [0.25, 0.3) is 0 Å². The Bertz CT molecular complexity index is 802. The van der Waals surface area contributed by atoms with Crippen LogP contribution in [0.15, 0.2) is 24.4 Å². The first-order valence-electron chi connectivity index (χ1n) is 8.88. The van der Waals surface area contributed by atoms with E-state index in [1.165, 1.54) is 12.8 Å². The number of benzene rings is 1. The van der Waals surface area contributed by atoms with Crippen LogP contribution in [-0.2, 0) is 0 Å². The first kappa shape index (κ1) is 16.7. The quantitative estimate of drug-likeness (QED) is 0.890. The minimum atomic E-state index is -0.151. The third kappa shape index (κ3) is 3.18. The van der Waals surface area contributed by atoms with Crippen molar-refractivity contribution in [1.29, 1.82) is 0 Å². The monoisotopic (exact) mass is 357 g/mol. The van der Waals surface area contributed by atoms with E-state index in [-0.39, 0.29) is 12.1 Å². The molecule has 0 bridgehead atoms. The van der Waals surface area contributed by atoms with Crippen molar-refractivity contribution < 1.29 is 14.3 Å². The topological polar surface area (TPSA) is 81.5 Å². The molecule has 1 aliphatic carbocycles. The average molecular weight is 357 g/mol. The Kier molecular flexibility index (Phi) is 4.40. The molecule has 1 aromatic heterocycles. The smallest absolute Gasteiger partial charge is 0.322 e. The Balaban J connectivity index is 1.41. The number of aromatic nitrogens is 3. The number of methoxy groups -OCH3 is 2. The van der Waals surface area contributed by atoms with Gasteiger partial charge in [-0.2, -0.15) is 0 Å². The van der Waals surface area contributed by atoms with Crippen molar-refractivity contribution in [3.63, 3.8) is 0 Å². The van der Waals surface area contributed by atoms with Gasteiger partial charge in [-0.1, -0.05) is 11.3 Å². The molecule has 26 heavy (non-hydrogen) atoms. The highest BCUT2D eigenvalue weighted by molar-refractivity contribution is 5.91. The van der Waals surface area contributed by atoms with Crippen LogP contribution in [0.3, 0.4) is 0 Å². The zero-order valence-corrected chi connectivity index (χ0v) is 15.0. The normalized spacial score (nSPS) is 19.5. The van der Waals surface area contributed by atoms with Gasteiger partial charge in [-0.05, 0) is 31.4 Å². The van der Waals surface area contributed by atoms with E-state index >= 15 is 0 Å². The maximum Gasteiger partial charge on any atom is 0.322 e. The second-order valence-corrected chi connectivity index (χ2v) is 6.76. The fourth-order valence-electron chi connectivity index (χ4n) is 3.36. The van der Waals surface area contributed by atoms with Gasteiger partial charge in [0.05, 0.1) is 31.6 Å². The summed E-state index contributed by atoms with van der Waals surface area (Å²) < 4.78 is 12.6. The highest BCUT2D eigenvalue weighted by Gasteiger charge is 2.31. The third-order valence-corrected chi connectivity index (χ3v) is 4.99. The number of ether oxygens (including phenoxy) is 2. The summed E-state index contributed by atoms with van der Waals surface area (Å²) in [7, 11) is 3.13. The zero-order valence-electron chi connectivity index (χ0n) is 15.0. The maximum atomic E-state index is 12.7. The van der Waals surface area contributed by atoms with Crippen LogP contribution in [0.2, 0.25) is 0 Å². The van der Waals surface area contributed by atoms with E-state index in [4.69, 9.17) is 9.47 Å². The fourth-order valence-corrected chi connectivity index (χ4v) is 3.36. The SMILES string of the molecule is COc1cccc(NC(=O)N2CCC(n3cc(C4CC4)nn3)C2)c1OC. The Morgan fingerprint density at radius 3 is 2.81 bits per heavy atom. The Morgan fingerprint density at radius 1 is 1.23 bits per heavy atom. The van der Waals surface area contributed by atoms with Gasteiger partial charge in [0.2, 0.25) is 0 Å².